The van der Waals surface area contributed by atoms with Gasteiger partial charge in [-0.05, 0) is 79.3 Å². The topological polar surface area (TPSA) is 49.7 Å². The van der Waals surface area contributed by atoms with Gasteiger partial charge in [-0.25, -0.2) is 0 Å². The predicted octanol–water partition coefficient (Wildman–Crippen LogP) is 3.83. The molecule has 0 saturated heterocycles. The zero-order chi connectivity index (χ0) is 18.1. The van der Waals surface area contributed by atoms with Crippen LogP contribution in [0.15, 0.2) is 35.6 Å². The molecule has 0 aromatic rings. The van der Waals surface area contributed by atoms with Gasteiger partial charge in [0.1, 0.15) is 0 Å². The Bertz CT molecular complexity index is 692. The average molecular weight is 357 g/mol. The van der Waals surface area contributed by atoms with Crippen molar-refractivity contribution in [3.05, 3.63) is 35.6 Å². The summed E-state index contributed by atoms with van der Waals surface area (Å²) in [6.07, 6.45) is 15.5. The maximum absolute atomic E-state index is 11.6. The molecule has 0 heterocycles. The van der Waals surface area contributed by atoms with Gasteiger partial charge in [0.15, 0.2) is 0 Å². The van der Waals surface area contributed by atoms with Gasteiger partial charge >= 0.3 is 0 Å². The van der Waals surface area contributed by atoms with Crippen LogP contribution in [0.25, 0.3) is 0 Å². The fourth-order valence-corrected chi connectivity index (χ4v) is 7.69. The van der Waals surface area contributed by atoms with Gasteiger partial charge in [0, 0.05) is 11.8 Å². The van der Waals surface area contributed by atoms with Crippen molar-refractivity contribution in [1.82, 2.24) is 0 Å². The van der Waals surface area contributed by atoms with Crippen LogP contribution in [0.5, 0.6) is 0 Å². The Morgan fingerprint density at radius 3 is 2.88 bits per heavy atom. The Morgan fingerprint density at radius 2 is 2.12 bits per heavy atom. The first-order chi connectivity index (χ1) is 12.5. The minimum absolute atomic E-state index is 0.0227. The molecule has 0 aliphatic heterocycles. The molecule has 3 nitrogen and oxygen atoms in total. The molecule has 26 heavy (non-hydrogen) atoms. The van der Waals surface area contributed by atoms with E-state index in [1.54, 1.807) is 13.2 Å². The van der Waals surface area contributed by atoms with Crippen LogP contribution in [-0.2, 0) is 4.74 Å². The SMILES string of the molecule is COC1=CC2=CCC3C(CC[C@@]4(C)C3[C@@H]3C[C@@H]3[C@@]4(O)C=CCO)[C@H]2CC1. The van der Waals surface area contributed by atoms with E-state index in [0.29, 0.717) is 29.6 Å². The fraction of sp³-hybridized carbons (Fsp3) is 0.739. The molecule has 0 bridgehead atoms. The van der Waals surface area contributed by atoms with Crippen LogP contribution in [0.3, 0.4) is 0 Å². The molecule has 5 aliphatic rings. The number of methoxy groups -OCH3 is 1. The van der Waals surface area contributed by atoms with Crippen molar-refractivity contribution >= 4 is 0 Å². The van der Waals surface area contributed by atoms with Crippen molar-refractivity contribution in [2.45, 2.75) is 51.0 Å². The van der Waals surface area contributed by atoms with Gasteiger partial charge in [-0.3, -0.25) is 0 Å². The number of allylic oxidation sites excluding steroid dienone is 4. The van der Waals surface area contributed by atoms with Crippen molar-refractivity contribution in [2.75, 3.05) is 13.7 Å². The summed E-state index contributed by atoms with van der Waals surface area (Å²) in [4.78, 5) is 0. The Kier molecular flexibility index (Phi) is 3.75. The van der Waals surface area contributed by atoms with Gasteiger partial charge in [-0.1, -0.05) is 25.2 Å². The molecule has 0 aromatic heterocycles. The van der Waals surface area contributed by atoms with Crippen molar-refractivity contribution in [3.8, 4) is 0 Å². The summed E-state index contributed by atoms with van der Waals surface area (Å²) < 4.78 is 5.51. The molecule has 3 heteroatoms. The maximum atomic E-state index is 11.6. The number of hydrogen-bond acceptors (Lipinski definition) is 3. The molecule has 0 amide bonds. The van der Waals surface area contributed by atoms with Crippen molar-refractivity contribution < 1.29 is 14.9 Å². The Labute approximate surface area is 156 Å². The van der Waals surface area contributed by atoms with E-state index in [1.165, 1.54) is 24.8 Å². The number of aliphatic hydroxyl groups excluding tert-OH is 1. The lowest BCUT2D eigenvalue weighted by Crippen LogP contribution is -2.54. The molecular formula is C23H32O3. The number of rotatable bonds is 3. The zero-order valence-electron chi connectivity index (χ0n) is 16.0. The fourth-order valence-electron chi connectivity index (χ4n) is 7.69. The van der Waals surface area contributed by atoms with E-state index in [1.807, 2.05) is 6.08 Å². The largest absolute Gasteiger partial charge is 0.501 e. The lowest BCUT2D eigenvalue weighted by atomic mass is 9.50. The predicted molar refractivity (Wildman–Crippen MR) is 101 cm³/mol. The Balaban J connectivity index is 1.48. The highest BCUT2D eigenvalue weighted by Gasteiger charge is 2.74. The molecule has 142 valence electrons. The third-order valence-corrected chi connectivity index (χ3v) is 8.86. The summed E-state index contributed by atoms with van der Waals surface area (Å²) >= 11 is 0. The highest BCUT2D eigenvalue weighted by molar-refractivity contribution is 5.35. The smallest absolute Gasteiger partial charge is 0.0958 e. The van der Waals surface area contributed by atoms with Crippen LogP contribution in [0, 0.1) is 40.9 Å². The molecule has 0 aromatic carbocycles. The second-order valence-corrected chi connectivity index (χ2v) is 9.63. The van der Waals surface area contributed by atoms with Crippen LogP contribution >= 0.6 is 0 Å². The number of ether oxygens (including phenoxy) is 1. The first-order valence-electron chi connectivity index (χ1n) is 10.5. The molecule has 2 N–H and O–H groups in total. The standard InChI is InChI=1S/C23H32O3/c1-22-10-8-17-16-7-5-15(26-2)12-14(16)4-6-18(17)21(22)19-13-20(19)23(22,25)9-3-11-24/h3-4,9,12,16-21,24-25H,5-8,10-11,13H2,1-2H3/t16-,17?,18?,19+,20-,21?,22-,23-/m0/s1. The van der Waals surface area contributed by atoms with Crippen LogP contribution in [-0.4, -0.2) is 29.5 Å². The van der Waals surface area contributed by atoms with E-state index in [9.17, 15) is 10.2 Å². The minimum Gasteiger partial charge on any atom is -0.501 e. The average Bonchev–Trinajstić information content (AvgIpc) is 3.42. The van der Waals surface area contributed by atoms with E-state index in [4.69, 9.17) is 4.74 Å². The van der Waals surface area contributed by atoms with E-state index < -0.39 is 5.60 Å². The molecule has 3 fully saturated rings. The number of hydrogen-bond donors (Lipinski definition) is 2. The van der Waals surface area contributed by atoms with Gasteiger partial charge in [0.05, 0.1) is 25.1 Å². The van der Waals surface area contributed by atoms with Gasteiger partial charge in [-0.2, -0.15) is 0 Å². The van der Waals surface area contributed by atoms with Gasteiger partial charge in [-0.15, -0.1) is 0 Å². The third kappa shape index (κ3) is 2.08. The van der Waals surface area contributed by atoms with E-state index in [-0.39, 0.29) is 12.0 Å². The molecule has 0 spiro atoms. The first kappa shape index (κ1) is 17.1. The molecule has 8 atom stereocenters. The molecule has 3 unspecified atom stereocenters. The maximum Gasteiger partial charge on any atom is 0.0958 e. The van der Waals surface area contributed by atoms with E-state index in [2.05, 4.69) is 19.1 Å². The summed E-state index contributed by atoms with van der Waals surface area (Å²) in [5, 5.41) is 20.9. The highest BCUT2D eigenvalue weighted by Crippen LogP contribution is 2.75. The normalized spacial score (nSPS) is 51.7. The van der Waals surface area contributed by atoms with Crippen LogP contribution in [0.4, 0.5) is 0 Å². The van der Waals surface area contributed by atoms with E-state index >= 15 is 0 Å². The second-order valence-electron chi connectivity index (χ2n) is 9.63. The van der Waals surface area contributed by atoms with Crippen molar-refractivity contribution in [1.29, 1.82) is 0 Å². The Morgan fingerprint density at radius 1 is 1.27 bits per heavy atom. The van der Waals surface area contributed by atoms with Crippen molar-refractivity contribution in [3.63, 3.8) is 0 Å². The Hall–Kier alpha value is -1.06. The third-order valence-electron chi connectivity index (χ3n) is 8.86. The quantitative estimate of drug-likeness (QED) is 0.756. The lowest BCUT2D eigenvalue weighted by molar-refractivity contribution is -0.108. The second kappa shape index (κ2) is 5.72. The van der Waals surface area contributed by atoms with Gasteiger partial charge in [0.2, 0.25) is 0 Å². The van der Waals surface area contributed by atoms with Crippen molar-refractivity contribution in [2.24, 2.45) is 40.9 Å². The molecule has 3 saturated carbocycles. The summed E-state index contributed by atoms with van der Waals surface area (Å²) in [6, 6.07) is 0. The van der Waals surface area contributed by atoms with Crippen LogP contribution in [0.2, 0.25) is 0 Å². The minimum atomic E-state index is -0.713. The number of fused-ring (bicyclic) bond motifs is 7. The zero-order valence-corrected chi connectivity index (χ0v) is 16.0. The molecular weight excluding hydrogens is 324 g/mol. The lowest BCUT2D eigenvalue weighted by Gasteiger charge is -2.56. The summed E-state index contributed by atoms with van der Waals surface area (Å²) in [6.45, 7) is 2.36. The molecule has 5 rings (SSSR count). The van der Waals surface area contributed by atoms with E-state index in [0.717, 1.165) is 30.9 Å². The number of aliphatic hydroxyl groups is 2. The van der Waals surface area contributed by atoms with Gasteiger partial charge < -0.3 is 14.9 Å². The highest BCUT2D eigenvalue weighted by atomic mass is 16.5. The van der Waals surface area contributed by atoms with Crippen LogP contribution in [0.1, 0.15) is 45.4 Å². The summed E-state index contributed by atoms with van der Waals surface area (Å²) in [5.41, 5.74) is 0.773. The van der Waals surface area contributed by atoms with Crippen LogP contribution < -0.4 is 0 Å². The van der Waals surface area contributed by atoms with Gasteiger partial charge in [0.25, 0.3) is 0 Å². The molecule has 0 radical (unpaired) electrons. The first-order valence-corrected chi connectivity index (χ1v) is 10.5. The molecule has 5 aliphatic carbocycles. The summed E-state index contributed by atoms with van der Waals surface area (Å²) in [5.74, 6) is 5.04. The summed E-state index contributed by atoms with van der Waals surface area (Å²) in [7, 11) is 1.79. The monoisotopic (exact) mass is 356 g/mol.